The van der Waals surface area contributed by atoms with E-state index in [2.05, 4.69) is 36.9 Å². The number of rotatable bonds is 5. The lowest BCUT2D eigenvalue weighted by atomic mass is 9.98. The van der Waals surface area contributed by atoms with Crippen molar-refractivity contribution in [1.29, 1.82) is 0 Å². The van der Waals surface area contributed by atoms with Crippen LogP contribution in [0.5, 0.6) is 0 Å². The van der Waals surface area contributed by atoms with Crippen molar-refractivity contribution in [3.63, 3.8) is 0 Å². The molecule has 20 heavy (non-hydrogen) atoms. The number of piperidine rings is 1. The smallest absolute Gasteiger partial charge is 0.0712 e. The average molecular weight is 296 g/mol. The summed E-state index contributed by atoms with van der Waals surface area (Å²) >= 11 is 6.63. The second kappa shape index (κ2) is 7.44. The predicted octanol–water partition coefficient (Wildman–Crippen LogP) is 3.82. The van der Waals surface area contributed by atoms with Gasteiger partial charge in [0.05, 0.1) is 5.38 Å². The molecule has 112 valence electrons. The number of nitrogens with zero attached hydrogens (tertiary/aromatic N) is 1. The van der Waals surface area contributed by atoms with E-state index in [1.807, 2.05) is 0 Å². The van der Waals surface area contributed by atoms with E-state index >= 15 is 0 Å². The minimum absolute atomic E-state index is 0.0357. The number of aliphatic hydroxyl groups is 1. The molecule has 2 nitrogen and oxygen atoms in total. The summed E-state index contributed by atoms with van der Waals surface area (Å²) in [5, 5.41) is 9.23. The largest absolute Gasteiger partial charge is 0.396 e. The number of aryl methyl sites for hydroxylation is 2. The molecule has 1 aromatic rings. The highest BCUT2D eigenvalue weighted by Crippen LogP contribution is 2.28. The lowest BCUT2D eigenvalue weighted by Crippen LogP contribution is -2.41. The van der Waals surface area contributed by atoms with Crippen molar-refractivity contribution >= 4 is 11.6 Å². The standard InChI is InChI=1S/C17H26ClNO/c1-13-6-7-15(11-14(13)2)17(18)12-19-9-4-3-5-16(19)8-10-20/h6-7,11,16-17,20H,3-5,8-10,12H2,1-2H3. The molecule has 1 aromatic carbocycles. The molecule has 1 saturated heterocycles. The van der Waals surface area contributed by atoms with Crippen LogP contribution in [0.3, 0.4) is 0 Å². The summed E-state index contributed by atoms with van der Waals surface area (Å²) in [7, 11) is 0. The number of likely N-dealkylation sites (tertiary alicyclic amines) is 1. The number of alkyl halides is 1. The molecule has 0 aromatic heterocycles. The molecule has 2 atom stereocenters. The SMILES string of the molecule is Cc1ccc(C(Cl)CN2CCCCC2CCO)cc1C. The van der Waals surface area contributed by atoms with E-state index in [9.17, 15) is 5.11 Å². The number of aliphatic hydroxyl groups excluding tert-OH is 1. The van der Waals surface area contributed by atoms with Crippen molar-refractivity contribution in [3.8, 4) is 0 Å². The summed E-state index contributed by atoms with van der Waals surface area (Å²) in [6, 6.07) is 7.01. The number of hydrogen-bond donors (Lipinski definition) is 1. The zero-order valence-electron chi connectivity index (χ0n) is 12.6. The first-order valence-electron chi connectivity index (χ1n) is 7.68. The molecule has 0 bridgehead atoms. The number of benzene rings is 1. The molecular weight excluding hydrogens is 270 g/mol. The van der Waals surface area contributed by atoms with Crippen molar-refractivity contribution in [2.24, 2.45) is 0 Å². The van der Waals surface area contributed by atoms with Gasteiger partial charge in [-0.1, -0.05) is 24.6 Å². The van der Waals surface area contributed by atoms with Crippen molar-refractivity contribution < 1.29 is 5.11 Å². The molecule has 1 fully saturated rings. The van der Waals surface area contributed by atoms with Crippen LogP contribution in [-0.2, 0) is 0 Å². The summed E-state index contributed by atoms with van der Waals surface area (Å²) in [6.07, 6.45) is 4.59. The highest BCUT2D eigenvalue weighted by molar-refractivity contribution is 6.21. The highest BCUT2D eigenvalue weighted by Gasteiger charge is 2.24. The molecule has 0 saturated carbocycles. The quantitative estimate of drug-likeness (QED) is 0.835. The Labute approximate surface area is 127 Å². The van der Waals surface area contributed by atoms with Crippen molar-refractivity contribution in [1.82, 2.24) is 4.90 Å². The maximum atomic E-state index is 9.19. The summed E-state index contributed by atoms with van der Waals surface area (Å²) in [5.41, 5.74) is 3.83. The molecule has 1 heterocycles. The molecule has 3 heteroatoms. The molecule has 1 aliphatic heterocycles. The minimum Gasteiger partial charge on any atom is -0.396 e. The van der Waals surface area contributed by atoms with Crippen LogP contribution in [-0.4, -0.2) is 35.7 Å². The number of hydrogen-bond acceptors (Lipinski definition) is 2. The fourth-order valence-corrected chi connectivity index (χ4v) is 3.36. The van der Waals surface area contributed by atoms with Gasteiger partial charge in [-0.05, 0) is 56.3 Å². The van der Waals surface area contributed by atoms with E-state index in [1.165, 1.54) is 36.0 Å². The zero-order chi connectivity index (χ0) is 14.5. The van der Waals surface area contributed by atoms with Crippen molar-refractivity contribution in [3.05, 3.63) is 34.9 Å². The van der Waals surface area contributed by atoms with Crippen molar-refractivity contribution in [2.45, 2.75) is 50.9 Å². The molecular formula is C17H26ClNO. The molecule has 0 spiro atoms. The van der Waals surface area contributed by atoms with Gasteiger partial charge in [-0.3, -0.25) is 4.90 Å². The van der Waals surface area contributed by atoms with Crippen LogP contribution in [0.15, 0.2) is 18.2 Å². The zero-order valence-corrected chi connectivity index (χ0v) is 13.4. The first-order chi connectivity index (χ1) is 9.61. The van der Waals surface area contributed by atoms with E-state index in [1.54, 1.807) is 0 Å². The van der Waals surface area contributed by atoms with Crippen LogP contribution < -0.4 is 0 Å². The normalized spacial score (nSPS) is 21.9. The lowest BCUT2D eigenvalue weighted by molar-refractivity contribution is 0.119. The Hall–Kier alpha value is -0.570. The second-order valence-corrected chi connectivity index (χ2v) is 6.49. The molecule has 0 radical (unpaired) electrons. The van der Waals surface area contributed by atoms with E-state index in [4.69, 9.17) is 11.6 Å². The third kappa shape index (κ3) is 3.97. The Morgan fingerprint density at radius 2 is 2.10 bits per heavy atom. The highest BCUT2D eigenvalue weighted by atomic mass is 35.5. The monoisotopic (exact) mass is 295 g/mol. The van der Waals surface area contributed by atoms with E-state index < -0.39 is 0 Å². The first kappa shape index (κ1) is 15.8. The summed E-state index contributed by atoms with van der Waals surface area (Å²) in [5.74, 6) is 0. The number of halogens is 1. The van der Waals surface area contributed by atoms with Gasteiger partial charge < -0.3 is 5.11 Å². The van der Waals surface area contributed by atoms with Crippen LogP contribution >= 0.6 is 11.6 Å². The van der Waals surface area contributed by atoms with Gasteiger partial charge in [0.25, 0.3) is 0 Å². The molecule has 2 rings (SSSR count). The van der Waals surface area contributed by atoms with Gasteiger partial charge in [-0.25, -0.2) is 0 Å². The van der Waals surface area contributed by atoms with E-state index in [0.29, 0.717) is 6.04 Å². The topological polar surface area (TPSA) is 23.5 Å². The molecule has 0 amide bonds. The van der Waals surface area contributed by atoms with Gasteiger partial charge in [0.15, 0.2) is 0 Å². The molecule has 2 unspecified atom stereocenters. The van der Waals surface area contributed by atoms with Crippen molar-refractivity contribution in [2.75, 3.05) is 19.7 Å². The molecule has 1 aliphatic rings. The maximum Gasteiger partial charge on any atom is 0.0712 e. The third-order valence-corrected chi connectivity index (χ3v) is 4.89. The predicted molar refractivity (Wildman–Crippen MR) is 85.4 cm³/mol. The summed E-state index contributed by atoms with van der Waals surface area (Å²) in [6.45, 7) is 6.54. The van der Waals surface area contributed by atoms with Gasteiger partial charge in [-0.15, -0.1) is 11.6 Å². The van der Waals surface area contributed by atoms with Gasteiger partial charge >= 0.3 is 0 Å². The summed E-state index contributed by atoms with van der Waals surface area (Å²) < 4.78 is 0. The molecule has 1 N–H and O–H groups in total. The van der Waals surface area contributed by atoms with Gasteiger partial charge in [0, 0.05) is 19.2 Å². The van der Waals surface area contributed by atoms with Crippen LogP contribution in [0.4, 0.5) is 0 Å². The first-order valence-corrected chi connectivity index (χ1v) is 8.11. The Kier molecular flexibility index (Phi) is 5.88. The Morgan fingerprint density at radius 3 is 2.80 bits per heavy atom. The van der Waals surface area contributed by atoms with Gasteiger partial charge in [-0.2, -0.15) is 0 Å². The van der Waals surface area contributed by atoms with Crippen LogP contribution in [0.2, 0.25) is 0 Å². The van der Waals surface area contributed by atoms with Crippen LogP contribution in [0.25, 0.3) is 0 Å². The third-order valence-electron chi connectivity index (χ3n) is 4.50. The average Bonchev–Trinajstić information content (AvgIpc) is 2.44. The van der Waals surface area contributed by atoms with E-state index in [0.717, 1.165) is 19.5 Å². The summed E-state index contributed by atoms with van der Waals surface area (Å²) in [4.78, 5) is 2.46. The Bertz CT molecular complexity index is 433. The van der Waals surface area contributed by atoms with Gasteiger partial charge in [0.2, 0.25) is 0 Å². The van der Waals surface area contributed by atoms with Crippen LogP contribution in [0.1, 0.15) is 47.8 Å². The Balaban J connectivity index is 2.01. The Morgan fingerprint density at radius 1 is 1.30 bits per heavy atom. The fourth-order valence-electron chi connectivity index (χ4n) is 3.05. The minimum atomic E-state index is 0.0357. The second-order valence-electron chi connectivity index (χ2n) is 5.97. The maximum absolute atomic E-state index is 9.19. The van der Waals surface area contributed by atoms with E-state index in [-0.39, 0.29) is 12.0 Å². The van der Waals surface area contributed by atoms with Crippen LogP contribution in [0, 0.1) is 13.8 Å². The molecule has 0 aliphatic carbocycles. The lowest BCUT2D eigenvalue weighted by Gasteiger charge is -2.36. The van der Waals surface area contributed by atoms with Gasteiger partial charge in [0.1, 0.15) is 0 Å². The fraction of sp³-hybridized carbons (Fsp3) is 0.647.